The van der Waals surface area contributed by atoms with Crippen molar-refractivity contribution in [1.82, 2.24) is 4.98 Å². The molecule has 0 aliphatic carbocycles. The van der Waals surface area contributed by atoms with Crippen LogP contribution in [-0.2, 0) is 22.4 Å². The second-order valence-electron chi connectivity index (χ2n) is 1.85. The van der Waals surface area contributed by atoms with E-state index in [0.29, 0.717) is 5.01 Å². The van der Waals surface area contributed by atoms with E-state index in [2.05, 4.69) is 10.1 Å². The summed E-state index contributed by atoms with van der Waals surface area (Å²) >= 11 is 1.28. The van der Waals surface area contributed by atoms with Gasteiger partial charge in [0.2, 0.25) is 5.71 Å². The van der Waals surface area contributed by atoms with Gasteiger partial charge in [0.25, 0.3) is 0 Å². The summed E-state index contributed by atoms with van der Waals surface area (Å²) in [6.45, 7) is 1.81. The summed E-state index contributed by atoms with van der Waals surface area (Å²) < 4.78 is 0. The van der Waals surface area contributed by atoms with Crippen LogP contribution in [-0.4, -0.2) is 15.9 Å². The summed E-state index contributed by atoms with van der Waals surface area (Å²) in [6, 6.07) is 1.73. The van der Waals surface area contributed by atoms with Crippen LogP contribution in [0.5, 0.6) is 0 Å². The third-order valence-electron chi connectivity index (χ3n) is 1.03. The molecule has 1 aromatic heterocycles. The molecule has 0 atom stereocenters. The number of aryl methyl sites for hydroxylation is 1. The number of oxime groups is 1. The number of hydrogen-bond acceptors (Lipinski definition) is 5. The fourth-order valence-electron chi connectivity index (χ4n) is 0.576. The first kappa shape index (κ1) is 11.3. The predicted octanol–water partition coefficient (Wildman–Crippen LogP) is 1.15. The first-order valence-corrected chi connectivity index (χ1v) is 3.70. The van der Waals surface area contributed by atoms with Crippen molar-refractivity contribution in [3.8, 4) is 6.07 Å². The van der Waals surface area contributed by atoms with Crippen LogP contribution in [0.4, 0.5) is 0 Å². The minimum absolute atomic E-state index is 0. The fraction of sp³-hybridized carbons (Fsp3) is 0.167. The topological polar surface area (TPSA) is 69.3 Å². The van der Waals surface area contributed by atoms with Gasteiger partial charge in [-0.25, -0.2) is 4.98 Å². The van der Waals surface area contributed by atoms with Crippen molar-refractivity contribution >= 4 is 17.0 Å². The zero-order chi connectivity index (χ0) is 8.27. The largest absolute Gasteiger partial charge is 0.410 e. The maximum Gasteiger partial charge on any atom is 0.215 e. The molecule has 1 radical (unpaired) electrons. The van der Waals surface area contributed by atoms with Gasteiger partial charge in [-0.15, -0.1) is 11.3 Å². The van der Waals surface area contributed by atoms with Gasteiger partial charge in [-0.05, 0) is 6.92 Å². The van der Waals surface area contributed by atoms with Gasteiger partial charge in [0.1, 0.15) is 6.07 Å². The van der Waals surface area contributed by atoms with Crippen LogP contribution >= 0.6 is 11.3 Å². The Morgan fingerprint density at radius 2 is 2.50 bits per heavy atom. The van der Waals surface area contributed by atoms with Gasteiger partial charge in [0, 0.05) is 33.5 Å². The van der Waals surface area contributed by atoms with Crippen LogP contribution in [0.3, 0.4) is 0 Å². The van der Waals surface area contributed by atoms with E-state index in [1.807, 2.05) is 6.92 Å². The van der Waals surface area contributed by atoms with E-state index in [9.17, 15) is 0 Å². The molecule has 67 valence electrons. The van der Waals surface area contributed by atoms with Crippen LogP contribution in [0.1, 0.15) is 10.7 Å². The Balaban J connectivity index is 0.00000121. The van der Waals surface area contributed by atoms with Crippen LogP contribution in [0.25, 0.3) is 0 Å². The molecule has 0 spiro atoms. The van der Waals surface area contributed by atoms with Gasteiger partial charge in [0.05, 0.1) is 0 Å². The molecule has 0 aliphatic rings. The first-order chi connectivity index (χ1) is 5.27. The second-order valence-corrected chi connectivity index (χ2v) is 2.71. The van der Waals surface area contributed by atoms with Crippen molar-refractivity contribution in [3.05, 3.63) is 16.1 Å². The van der Waals surface area contributed by atoms with Crippen LogP contribution in [0, 0.1) is 18.3 Å². The fourth-order valence-corrected chi connectivity index (χ4v) is 1.31. The van der Waals surface area contributed by atoms with Gasteiger partial charge in [-0.1, -0.05) is 5.16 Å². The second kappa shape index (κ2) is 5.06. The molecule has 0 aliphatic heterocycles. The molecule has 1 rings (SSSR count). The van der Waals surface area contributed by atoms with Gasteiger partial charge < -0.3 is 5.21 Å². The van der Waals surface area contributed by atoms with Crippen molar-refractivity contribution in [2.75, 3.05) is 0 Å². The third kappa shape index (κ3) is 2.43. The molecule has 0 fully saturated rings. The van der Waals surface area contributed by atoms with Crippen molar-refractivity contribution < 1.29 is 27.6 Å². The Hall–Kier alpha value is -0.670. The quantitative estimate of drug-likeness (QED) is 0.362. The van der Waals surface area contributed by atoms with E-state index < -0.39 is 0 Å². The molecule has 0 saturated carbocycles. The summed E-state index contributed by atoms with van der Waals surface area (Å²) in [5.41, 5.74) is 0.782. The molecule has 12 heavy (non-hydrogen) atoms. The number of rotatable bonds is 1. The van der Waals surface area contributed by atoms with Crippen molar-refractivity contribution in [2.24, 2.45) is 5.16 Å². The summed E-state index contributed by atoms with van der Waals surface area (Å²) in [5, 5.41) is 21.8. The van der Waals surface area contributed by atoms with E-state index in [4.69, 9.17) is 10.5 Å². The number of nitrogens with zero attached hydrogens (tertiary/aromatic N) is 3. The summed E-state index contributed by atoms with van der Waals surface area (Å²) in [5.74, 6) is 0. The number of hydrogen-bond donors (Lipinski definition) is 1. The van der Waals surface area contributed by atoms with E-state index in [0.717, 1.165) is 5.69 Å². The normalized spacial score (nSPS) is 10.2. The Morgan fingerprint density at radius 1 is 1.83 bits per heavy atom. The monoisotopic (exact) mass is 274 g/mol. The maximum absolute atomic E-state index is 8.41. The van der Waals surface area contributed by atoms with E-state index >= 15 is 0 Å². The molecule has 1 N–H and O–H groups in total. The van der Waals surface area contributed by atoms with Gasteiger partial charge in [-0.2, -0.15) is 5.26 Å². The minimum Gasteiger partial charge on any atom is -0.410 e. The zero-order valence-corrected chi connectivity index (χ0v) is 8.37. The molecule has 1 heterocycles. The zero-order valence-electron chi connectivity index (χ0n) is 6.08. The molecule has 0 bridgehead atoms. The van der Waals surface area contributed by atoms with Gasteiger partial charge >= 0.3 is 0 Å². The molecular weight excluding hydrogens is 270 g/mol. The van der Waals surface area contributed by atoms with Crippen LogP contribution < -0.4 is 0 Å². The summed E-state index contributed by atoms with van der Waals surface area (Å²) in [7, 11) is 0. The smallest absolute Gasteiger partial charge is 0.215 e. The SMILES string of the molecule is Cc1csc(C(C#N)=NO)n1.[Ag]. The Bertz CT molecular complexity index is 328. The van der Waals surface area contributed by atoms with Gasteiger partial charge in [-0.3, -0.25) is 0 Å². The van der Waals surface area contributed by atoms with Crippen molar-refractivity contribution in [2.45, 2.75) is 6.92 Å². The minimum atomic E-state index is -0.0388. The summed E-state index contributed by atoms with van der Waals surface area (Å²) in [4.78, 5) is 3.96. The first-order valence-electron chi connectivity index (χ1n) is 2.82. The van der Waals surface area contributed by atoms with E-state index in [1.54, 1.807) is 11.4 Å². The Morgan fingerprint density at radius 3 is 2.83 bits per heavy atom. The molecular formula is C6H5AgN3OS. The third-order valence-corrected chi connectivity index (χ3v) is 1.99. The number of thiazole rings is 1. The predicted molar refractivity (Wildman–Crippen MR) is 40.8 cm³/mol. The maximum atomic E-state index is 8.41. The Labute approximate surface area is 89.1 Å². The number of nitriles is 1. The molecule has 6 heteroatoms. The molecule has 0 unspecified atom stereocenters. The van der Waals surface area contributed by atoms with E-state index in [-0.39, 0.29) is 28.1 Å². The van der Waals surface area contributed by atoms with Crippen molar-refractivity contribution in [1.29, 1.82) is 5.26 Å². The average Bonchev–Trinajstić information content (AvgIpc) is 2.39. The average molecular weight is 275 g/mol. The Kier molecular flexibility index (Phi) is 4.78. The molecule has 0 amide bonds. The van der Waals surface area contributed by atoms with Crippen molar-refractivity contribution in [3.63, 3.8) is 0 Å². The molecule has 0 saturated heterocycles. The van der Waals surface area contributed by atoms with E-state index in [1.165, 1.54) is 11.3 Å². The molecule has 0 aromatic carbocycles. The van der Waals surface area contributed by atoms with Crippen LogP contribution in [0.2, 0.25) is 0 Å². The molecule has 4 nitrogen and oxygen atoms in total. The number of aromatic nitrogens is 1. The molecule has 1 aromatic rings. The summed E-state index contributed by atoms with van der Waals surface area (Å²) in [6.07, 6.45) is 0. The standard InChI is InChI=1S/C6H5N3OS.Ag/c1-4-3-11-6(8-4)5(2-7)9-10;/h3,10H,1H3;. The van der Waals surface area contributed by atoms with Crippen LogP contribution in [0.15, 0.2) is 10.5 Å². The van der Waals surface area contributed by atoms with Gasteiger partial charge in [0.15, 0.2) is 5.01 Å².